The number of carbonyl (C=O) groups is 2. The first-order valence-electron chi connectivity index (χ1n) is 13.9. The lowest BCUT2D eigenvalue weighted by Crippen LogP contribution is -2.40. The fourth-order valence-corrected chi connectivity index (χ4v) is 5.28. The number of unbranched alkanes of at least 4 members (excludes halogenated alkanes) is 1. The van der Waals surface area contributed by atoms with Crippen molar-refractivity contribution in [3.05, 3.63) is 89.9 Å². The summed E-state index contributed by atoms with van der Waals surface area (Å²) in [6, 6.07) is 21.1. The van der Waals surface area contributed by atoms with Crippen LogP contribution in [0.5, 0.6) is 0 Å². The SMILES string of the molecule is CO/N=C(/c1ccccn1)C1CCN(C(=O)c2ccc3nc(-c4ccccc4)c(CCCCC(=O)O)nc3c2)CC1. The molecule has 0 bridgehead atoms. The molecule has 9 nitrogen and oxygen atoms in total. The van der Waals surface area contributed by atoms with Gasteiger partial charge in [0.25, 0.3) is 5.91 Å². The molecule has 2 aromatic heterocycles. The predicted octanol–water partition coefficient (Wildman–Crippen LogP) is 5.39. The molecule has 1 fully saturated rings. The minimum absolute atomic E-state index is 0.0367. The number of hydrogen-bond acceptors (Lipinski definition) is 7. The number of rotatable bonds is 10. The highest BCUT2D eigenvalue weighted by molar-refractivity contribution is 6.01. The lowest BCUT2D eigenvalue weighted by Gasteiger charge is -2.32. The van der Waals surface area contributed by atoms with Crippen molar-refractivity contribution < 1.29 is 19.5 Å². The zero-order valence-corrected chi connectivity index (χ0v) is 23.1. The van der Waals surface area contributed by atoms with E-state index in [-0.39, 0.29) is 18.2 Å². The second-order valence-corrected chi connectivity index (χ2v) is 10.1. The van der Waals surface area contributed by atoms with Gasteiger partial charge in [0.2, 0.25) is 0 Å². The van der Waals surface area contributed by atoms with Crippen LogP contribution in [0, 0.1) is 5.92 Å². The molecule has 41 heavy (non-hydrogen) atoms. The van der Waals surface area contributed by atoms with Crippen LogP contribution in [0.25, 0.3) is 22.3 Å². The number of likely N-dealkylation sites (tertiary alicyclic amines) is 1. The molecule has 0 aliphatic carbocycles. The molecule has 0 unspecified atom stereocenters. The third-order valence-corrected chi connectivity index (χ3v) is 7.37. The van der Waals surface area contributed by atoms with Crippen LogP contribution in [0.3, 0.4) is 0 Å². The third-order valence-electron chi connectivity index (χ3n) is 7.37. The van der Waals surface area contributed by atoms with E-state index in [4.69, 9.17) is 19.9 Å². The molecule has 0 spiro atoms. The number of hydrogen-bond donors (Lipinski definition) is 1. The summed E-state index contributed by atoms with van der Waals surface area (Å²) in [4.78, 5) is 45.8. The summed E-state index contributed by atoms with van der Waals surface area (Å²) in [6.45, 7) is 1.20. The van der Waals surface area contributed by atoms with Gasteiger partial charge >= 0.3 is 5.97 Å². The highest BCUT2D eigenvalue weighted by Crippen LogP contribution is 2.27. The average Bonchev–Trinajstić information content (AvgIpc) is 3.02. The number of carboxylic acid groups (broad SMARTS) is 1. The fraction of sp³-hybridized carbons (Fsp3) is 0.312. The Bertz CT molecular complexity index is 1530. The highest BCUT2D eigenvalue weighted by Gasteiger charge is 2.28. The zero-order chi connectivity index (χ0) is 28.6. The van der Waals surface area contributed by atoms with E-state index in [0.717, 1.165) is 41.2 Å². The van der Waals surface area contributed by atoms with Gasteiger partial charge in [-0.25, -0.2) is 9.97 Å². The Morgan fingerprint density at radius 3 is 2.46 bits per heavy atom. The van der Waals surface area contributed by atoms with E-state index in [9.17, 15) is 9.59 Å². The molecular formula is C32H33N5O4. The summed E-state index contributed by atoms with van der Waals surface area (Å²) >= 11 is 0. The van der Waals surface area contributed by atoms with Crippen molar-refractivity contribution in [2.45, 2.75) is 38.5 Å². The van der Waals surface area contributed by atoms with E-state index in [2.05, 4.69) is 10.1 Å². The zero-order valence-electron chi connectivity index (χ0n) is 23.1. The summed E-state index contributed by atoms with van der Waals surface area (Å²) in [5, 5.41) is 13.3. The number of pyridine rings is 1. The van der Waals surface area contributed by atoms with Gasteiger partial charge in [-0.3, -0.25) is 14.6 Å². The van der Waals surface area contributed by atoms with Gasteiger partial charge in [-0.05, 0) is 62.4 Å². The van der Waals surface area contributed by atoms with Crippen molar-refractivity contribution in [2.24, 2.45) is 11.1 Å². The van der Waals surface area contributed by atoms with Crippen molar-refractivity contribution in [3.63, 3.8) is 0 Å². The molecule has 1 aliphatic heterocycles. The maximum atomic E-state index is 13.5. The monoisotopic (exact) mass is 551 g/mol. The topological polar surface area (TPSA) is 118 Å². The van der Waals surface area contributed by atoms with Gasteiger partial charge in [-0.2, -0.15) is 0 Å². The number of aryl methyl sites for hydroxylation is 1. The minimum Gasteiger partial charge on any atom is -0.481 e. The number of amides is 1. The van der Waals surface area contributed by atoms with Crippen molar-refractivity contribution >= 4 is 28.6 Å². The molecule has 5 rings (SSSR count). The molecule has 1 aliphatic rings. The normalized spacial score (nSPS) is 14.3. The number of benzene rings is 2. The van der Waals surface area contributed by atoms with Gasteiger partial charge in [-0.1, -0.05) is 41.6 Å². The molecule has 1 amide bonds. The molecule has 2 aromatic carbocycles. The molecule has 4 aromatic rings. The van der Waals surface area contributed by atoms with Crippen molar-refractivity contribution in [1.82, 2.24) is 19.9 Å². The second-order valence-electron chi connectivity index (χ2n) is 10.1. The molecular weight excluding hydrogens is 518 g/mol. The summed E-state index contributed by atoms with van der Waals surface area (Å²) < 4.78 is 0. The van der Waals surface area contributed by atoms with Gasteiger partial charge in [0.1, 0.15) is 12.8 Å². The average molecular weight is 552 g/mol. The Balaban J connectivity index is 1.34. The first kappa shape index (κ1) is 27.9. The Hall–Kier alpha value is -4.66. The van der Waals surface area contributed by atoms with Crippen molar-refractivity contribution in [2.75, 3.05) is 20.2 Å². The van der Waals surface area contributed by atoms with Crippen molar-refractivity contribution in [1.29, 1.82) is 0 Å². The maximum Gasteiger partial charge on any atom is 0.303 e. The Kier molecular flexibility index (Phi) is 8.93. The quantitative estimate of drug-likeness (QED) is 0.159. The number of nitrogens with zero attached hydrogens (tertiary/aromatic N) is 5. The number of carboxylic acids is 1. The van der Waals surface area contributed by atoms with E-state index in [1.54, 1.807) is 6.20 Å². The third kappa shape index (κ3) is 6.74. The largest absolute Gasteiger partial charge is 0.481 e. The van der Waals surface area contributed by atoms with E-state index >= 15 is 0 Å². The van der Waals surface area contributed by atoms with Crippen LogP contribution in [0.4, 0.5) is 0 Å². The van der Waals surface area contributed by atoms with Crippen LogP contribution in [0.1, 0.15) is 53.8 Å². The molecule has 1 saturated heterocycles. The molecule has 210 valence electrons. The van der Waals surface area contributed by atoms with Gasteiger partial charge < -0.3 is 14.8 Å². The Morgan fingerprint density at radius 2 is 1.76 bits per heavy atom. The van der Waals surface area contributed by atoms with Crippen LogP contribution in [0.15, 0.2) is 78.1 Å². The Labute approximate surface area is 238 Å². The number of fused-ring (bicyclic) bond motifs is 1. The molecule has 3 heterocycles. The first-order chi connectivity index (χ1) is 20.0. The number of aliphatic carboxylic acids is 1. The van der Waals surface area contributed by atoms with Gasteiger partial charge in [0.15, 0.2) is 0 Å². The van der Waals surface area contributed by atoms with E-state index < -0.39 is 5.97 Å². The van der Waals surface area contributed by atoms with Crippen LogP contribution in [-0.4, -0.2) is 62.7 Å². The van der Waals surface area contributed by atoms with E-state index in [1.165, 1.54) is 7.11 Å². The van der Waals surface area contributed by atoms with Gasteiger partial charge in [0, 0.05) is 42.8 Å². The molecule has 0 atom stereocenters. The fourth-order valence-electron chi connectivity index (χ4n) is 5.28. The van der Waals surface area contributed by atoms with Gasteiger partial charge in [-0.15, -0.1) is 0 Å². The van der Waals surface area contributed by atoms with Crippen LogP contribution in [-0.2, 0) is 16.1 Å². The Morgan fingerprint density at radius 1 is 0.976 bits per heavy atom. The van der Waals surface area contributed by atoms with E-state index in [1.807, 2.05) is 71.6 Å². The summed E-state index contributed by atoms with van der Waals surface area (Å²) in [6.07, 6.45) is 5.25. The van der Waals surface area contributed by atoms with Crippen LogP contribution in [0.2, 0.25) is 0 Å². The summed E-state index contributed by atoms with van der Waals surface area (Å²) in [5.74, 6) is -0.689. The first-order valence-corrected chi connectivity index (χ1v) is 13.9. The molecule has 0 radical (unpaired) electrons. The maximum absolute atomic E-state index is 13.5. The van der Waals surface area contributed by atoms with Crippen LogP contribution >= 0.6 is 0 Å². The lowest BCUT2D eigenvalue weighted by molar-refractivity contribution is -0.137. The standard InChI is InChI=1S/C32H33N5O4/c1-41-36-31(26-11-7-8-18-33-26)23-16-19-37(20-17-23)32(40)24-14-15-25-28(21-24)34-27(12-5-6-13-29(38)39)30(35-25)22-9-3-2-4-10-22/h2-4,7-11,14-15,18,21,23H,5-6,12-13,16-17,19-20H2,1H3,(H,38,39)/b36-31+. The van der Waals surface area contributed by atoms with Crippen LogP contribution < -0.4 is 0 Å². The minimum atomic E-state index is -0.802. The number of oxime groups is 1. The number of aromatic nitrogens is 3. The number of piperidine rings is 1. The molecule has 9 heteroatoms. The second kappa shape index (κ2) is 13.1. The summed E-state index contributed by atoms with van der Waals surface area (Å²) in [7, 11) is 1.54. The molecule has 0 saturated carbocycles. The van der Waals surface area contributed by atoms with Gasteiger partial charge in [0.05, 0.1) is 28.1 Å². The van der Waals surface area contributed by atoms with E-state index in [0.29, 0.717) is 48.9 Å². The summed E-state index contributed by atoms with van der Waals surface area (Å²) in [5.41, 5.74) is 6.10. The molecule has 1 N–H and O–H groups in total. The smallest absolute Gasteiger partial charge is 0.303 e. The number of carbonyl (C=O) groups excluding carboxylic acids is 1. The predicted molar refractivity (Wildman–Crippen MR) is 157 cm³/mol. The lowest BCUT2D eigenvalue weighted by atomic mass is 9.89. The highest BCUT2D eigenvalue weighted by atomic mass is 16.6. The van der Waals surface area contributed by atoms with Crippen molar-refractivity contribution in [3.8, 4) is 11.3 Å².